The third kappa shape index (κ3) is 6.22. The molecular formula is C17H24N6OS. The maximum atomic E-state index is 12.2. The number of aromatic nitrogens is 3. The van der Waals surface area contributed by atoms with E-state index in [9.17, 15) is 4.79 Å². The van der Waals surface area contributed by atoms with Crippen molar-refractivity contribution >= 4 is 29.6 Å². The third-order valence-electron chi connectivity index (χ3n) is 3.47. The van der Waals surface area contributed by atoms with Gasteiger partial charge in [-0.1, -0.05) is 30.3 Å². The van der Waals surface area contributed by atoms with Gasteiger partial charge in [0.15, 0.2) is 0 Å². The number of nitrogens with two attached hydrogens (primary N) is 1. The quantitative estimate of drug-likeness (QED) is 0.736. The van der Waals surface area contributed by atoms with Gasteiger partial charge in [0.1, 0.15) is 5.82 Å². The van der Waals surface area contributed by atoms with E-state index in [1.807, 2.05) is 39.2 Å². The first-order valence-electron chi connectivity index (χ1n) is 8.06. The topological polar surface area (TPSA) is 97.0 Å². The molecule has 134 valence electrons. The van der Waals surface area contributed by atoms with Gasteiger partial charge in [0.2, 0.25) is 17.8 Å². The van der Waals surface area contributed by atoms with Gasteiger partial charge < -0.3 is 16.0 Å². The minimum atomic E-state index is -0.198. The average molecular weight is 360 g/mol. The molecule has 25 heavy (non-hydrogen) atoms. The summed E-state index contributed by atoms with van der Waals surface area (Å²) < 4.78 is 0. The monoisotopic (exact) mass is 360 g/mol. The van der Waals surface area contributed by atoms with Gasteiger partial charge in [0.25, 0.3) is 0 Å². The number of nitrogens with one attached hydrogen (secondary N) is 1. The highest BCUT2D eigenvalue weighted by atomic mass is 32.2. The normalized spacial score (nSPS) is 11.8. The van der Waals surface area contributed by atoms with Crippen LogP contribution >= 0.6 is 11.8 Å². The summed E-state index contributed by atoms with van der Waals surface area (Å²) in [5, 5.41) is 2.76. The number of thioether (sulfide) groups is 1. The number of carbonyl (C=O) groups is 1. The minimum Gasteiger partial charge on any atom is -0.368 e. The van der Waals surface area contributed by atoms with Crippen LogP contribution in [0.4, 0.5) is 11.9 Å². The zero-order valence-electron chi connectivity index (χ0n) is 14.8. The Morgan fingerprint density at radius 2 is 1.96 bits per heavy atom. The molecular weight excluding hydrogens is 336 g/mol. The molecule has 0 bridgehead atoms. The fourth-order valence-corrected chi connectivity index (χ4v) is 2.85. The molecule has 0 radical (unpaired) electrons. The molecule has 1 unspecified atom stereocenters. The van der Waals surface area contributed by atoms with Crippen molar-refractivity contribution < 1.29 is 4.79 Å². The number of hydrogen-bond acceptors (Lipinski definition) is 7. The van der Waals surface area contributed by atoms with Crippen molar-refractivity contribution in [2.75, 3.05) is 31.3 Å². The standard InChI is InChI=1S/C17H24N6OS/c1-12(15(24)19-10-9-13-7-5-4-6-8-13)25-11-14-20-16(18)22-17(21-14)23(2)3/h4-8,12H,9-11H2,1-3H3,(H,19,24)(H2,18,20,21,22). The smallest absolute Gasteiger partial charge is 0.232 e. The number of nitrogen functional groups attached to an aromatic ring is 1. The van der Waals surface area contributed by atoms with Gasteiger partial charge in [0.05, 0.1) is 11.0 Å². The van der Waals surface area contributed by atoms with Crippen LogP contribution in [0.5, 0.6) is 0 Å². The average Bonchev–Trinajstić information content (AvgIpc) is 2.60. The van der Waals surface area contributed by atoms with E-state index in [0.717, 1.165) is 6.42 Å². The number of rotatable bonds is 8. The van der Waals surface area contributed by atoms with Crippen LogP contribution in [-0.2, 0) is 17.0 Å². The lowest BCUT2D eigenvalue weighted by molar-refractivity contribution is -0.120. The van der Waals surface area contributed by atoms with Crippen molar-refractivity contribution in [3.8, 4) is 0 Å². The maximum absolute atomic E-state index is 12.2. The van der Waals surface area contributed by atoms with E-state index in [1.54, 1.807) is 4.90 Å². The van der Waals surface area contributed by atoms with Gasteiger partial charge in [-0.2, -0.15) is 15.0 Å². The number of amides is 1. The highest BCUT2D eigenvalue weighted by Gasteiger charge is 2.15. The first kappa shape index (κ1) is 19.0. The van der Waals surface area contributed by atoms with Gasteiger partial charge in [-0.25, -0.2) is 0 Å². The van der Waals surface area contributed by atoms with E-state index in [1.165, 1.54) is 17.3 Å². The molecule has 3 N–H and O–H groups in total. The number of carbonyl (C=O) groups excluding carboxylic acids is 1. The molecule has 0 saturated heterocycles. The van der Waals surface area contributed by atoms with Crippen molar-refractivity contribution in [1.82, 2.24) is 20.3 Å². The van der Waals surface area contributed by atoms with Gasteiger partial charge >= 0.3 is 0 Å². The van der Waals surface area contributed by atoms with Crippen molar-refractivity contribution in [3.05, 3.63) is 41.7 Å². The molecule has 0 aliphatic carbocycles. The van der Waals surface area contributed by atoms with E-state index in [0.29, 0.717) is 24.1 Å². The Kier molecular flexibility index (Phi) is 7.00. The second-order valence-corrected chi connectivity index (χ2v) is 7.11. The molecule has 0 spiro atoms. The molecule has 7 nitrogen and oxygen atoms in total. The van der Waals surface area contributed by atoms with Crippen LogP contribution in [0.1, 0.15) is 18.3 Å². The summed E-state index contributed by atoms with van der Waals surface area (Å²) in [6, 6.07) is 10.1. The number of anilines is 2. The second-order valence-electron chi connectivity index (χ2n) is 5.78. The Bertz CT molecular complexity index is 695. The summed E-state index contributed by atoms with van der Waals surface area (Å²) in [5.74, 6) is 1.79. The van der Waals surface area contributed by atoms with E-state index in [2.05, 4.69) is 32.4 Å². The lowest BCUT2D eigenvalue weighted by atomic mass is 10.1. The van der Waals surface area contributed by atoms with Crippen LogP contribution in [0.15, 0.2) is 30.3 Å². The van der Waals surface area contributed by atoms with Crippen LogP contribution in [0.2, 0.25) is 0 Å². The first-order valence-corrected chi connectivity index (χ1v) is 9.11. The summed E-state index contributed by atoms with van der Waals surface area (Å²) >= 11 is 1.47. The summed E-state index contributed by atoms with van der Waals surface area (Å²) in [4.78, 5) is 26.5. The molecule has 0 saturated carbocycles. The van der Waals surface area contributed by atoms with Crippen LogP contribution in [0.3, 0.4) is 0 Å². The van der Waals surface area contributed by atoms with Crippen molar-refractivity contribution in [3.63, 3.8) is 0 Å². The molecule has 1 aromatic carbocycles. The fourth-order valence-electron chi connectivity index (χ4n) is 2.08. The summed E-state index contributed by atoms with van der Waals surface area (Å²) in [6.07, 6.45) is 0.820. The largest absolute Gasteiger partial charge is 0.368 e. The van der Waals surface area contributed by atoms with Gasteiger partial charge in [-0.3, -0.25) is 4.79 Å². The molecule has 0 aliphatic rings. The molecule has 8 heteroatoms. The Morgan fingerprint density at radius 1 is 1.24 bits per heavy atom. The molecule has 0 fully saturated rings. The summed E-state index contributed by atoms with van der Waals surface area (Å²) in [7, 11) is 3.68. The second kappa shape index (κ2) is 9.22. The number of nitrogens with zero attached hydrogens (tertiary/aromatic N) is 4. The molecule has 1 aromatic heterocycles. The lowest BCUT2D eigenvalue weighted by Gasteiger charge is -2.13. The van der Waals surface area contributed by atoms with Crippen LogP contribution in [-0.4, -0.2) is 46.7 Å². The number of benzene rings is 1. The van der Waals surface area contributed by atoms with Crippen LogP contribution < -0.4 is 16.0 Å². The van der Waals surface area contributed by atoms with Gasteiger partial charge in [0, 0.05) is 20.6 Å². The maximum Gasteiger partial charge on any atom is 0.232 e. The van der Waals surface area contributed by atoms with Crippen LogP contribution in [0.25, 0.3) is 0 Å². The zero-order valence-corrected chi connectivity index (χ0v) is 15.6. The van der Waals surface area contributed by atoms with E-state index < -0.39 is 0 Å². The Labute approximate surface area is 152 Å². The fraction of sp³-hybridized carbons (Fsp3) is 0.412. The van der Waals surface area contributed by atoms with Crippen molar-refractivity contribution in [2.45, 2.75) is 24.3 Å². The molecule has 2 rings (SSSR count). The Hall–Kier alpha value is -2.35. The third-order valence-corrected chi connectivity index (χ3v) is 4.61. The first-order chi connectivity index (χ1) is 12.0. The predicted octanol–water partition coefficient (Wildman–Crippen LogP) is 1.50. The summed E-state index contributed by atoms with van der Waals surface area (Å²) in [5.41, 5.74) is 6.92. The van der Waals surface area contributed by atoms with Crippen molar-refractivity contribution in [2.24, 2.45) is 0 Å². The van der Waals surface area contributed by atoms with E-state index in [4.69, 9.17) is 5.73 Å². The Morgan fingerprint density at radius 3 is 2.64 bits per heavy atom. The highest BCUT2D eigenvalue weighted by molar-refractivity contribution is 7.99. The van der Waals surface area contributed by atoms with E-state index >= 15 is 0 Å². The van der Waals surface area contributed by atoms with E-state index in [-0.39, 0.29) is 17.1 Å². The summed E-state index contributed by atoms with van der Waals surface area (Å²) in [6.45, 7) is 2.50. The highest BCUT2D eigenvalue weighted by Crippen LogP contribution is 2.17. The molecule has 0 aliphatic heterocycles. The van der Waals surface area contributed by atoms with Crippen LogP contribution in [0, 0.1) is 0 Å². The predicted molar refractivity (Wildman–Crippen MR) is 102 cm³/mol. The zero-order chi connectivity index (χ0) is 18.2. The molecule has 2 aromatic rings. The molecule has 1 amide bonds. The SMILES string of the molecule is CC(SCc1nc(N)nc(N(C)C)n1)C(=O)NCCc1ccccc1. The molecule has 1 atom stereocenters. The van der Waals surface area contributed by atoms with Crippen molar-refractivity contribution in [1.29, 1.82) is 0 Å². The number of hydrogen-bond donors (Lipinski definition) is 2. The van der Waals surface area contributed by atoms with Gasteiger partial charge in [-0.05, 0) is 18.9 Å². The minimum absolute atomic E-state index is 0.00999. The molecule has 1 heterocycles. The Balaban J connectivity index is 1.79. The lowest BCUT2D eigenvalue weighted by Crippen LogP contribution is -2.32. The van der Waals surface area contributed by atoms with Gasteiger partial charge in [-0.15, -0.1) is 11.8 Å².